The van der Waals surface area contributed by atoms with Gasteiger partial charge in [-0.2, -0.15) is 0 Å². The molecule has 0 aliphatic rings. The molecule has 2 aromatic rings. The van der Waals surface area contributed by atoms with Crippen molar-refractivity contribution in [3.63, 3.8) is 0 Å². The third-order valence-corrected chi connectivity index (χ3v) is 3.97. The molecule has 1 N–H and O–H groups in total. The maximum Gasteiger partial charge on any atom is 0.0684 e. The SMILES string of the molecule is Cc1cc2sc(I)cc2cc1CO. The molecule has 0 aliphatic heterocycles. The van der Waals surface area contributed by atoms with E-state index < -0.39 is 0 Å². The van der Waals surface area contributed by atoms with Gasteiger partial charge in [0.2, 0.25) is 0 Å². The van der Waals surface area contributed by atoms with Crippen LogP contribution >= 0.6 is 33.9 Å². The fourth-order valence-corrected chi connectivity index (χ4v) is 3.29. The van der Waals surface area contributed by atoms with Gasteiger partial charge in [0.05, 0.1) is 9.49 Å². The summed E-state index contributed by atoms with van der Waals surface area (Å²) in [7, 11) is 0. The van der Waals surface area contributed by atoms with E-state index in [-0.39, 0.29) is 6.61 Å². The molecule has 13 heavy (non-hydrogen) atoms. The summed E-state index contributed by atoms with van der Waals surface area (Å²) < 4.78 is 2.60. The van der Waals surface area contributed by atoms with E-state index in [9.17, 15) is 0 Å². The summed E-state index contributed by atoms with van der Waals surface area (Å²) in [6.07, 6.45) is 0. The van der Waals surface area contributed by atoms with Gasteiger partial charge in [0.1, 0.15) is 0 Å². The maximum atomic E-state index is 9.09. The van der Waals surface area contributed by atoms with Gasteiger partial charge in [-0.1, -0.05) is 0 Å². The van der Waals surface area contributed by atoms with Gasteiger partial charge in [0.15, 0.2) is 0 Å². The van der Waals surface area contributed by atoms with Crippen LogP contribution in [-0.2, 0) is 6.61 Å². The molecule has 0 amide bonds. The molecule has 0 bridgehead atoms. The van der Waals surface area contributed by atoms with E-state index in [1.165, 1.54) is 18.5 Å². The highest BCUT2D eigenvalue weighted by molar-refractivity contribution is 14.1. The van der Waals surface area contributed by atoms with Crippen molar-refractivity contribution in [1.29, 1.82) is 0 Å². The second-order valence-electron chi connectivity index (χ2n) is 3.03. The number of thiophene rings is 1. The van der Waals surface area contributed by atoms with Crippen molar-refractivity contribution in [2.45, 2.75) is 13.5 Å². The van der Waals surface area contributed by atoms with E-state index in [0.717, 1.165) is 5.56 Å². The number of aliphatic hydroxyl groups excluding tert-OH is 1. The zero-order valence-electron chi connectivity index (χ0n) is 7.17. The van der Waals surface area contributed by atoms with Crippen LogP contribution in [0.2, 0.25) is 0 Å². The van der Waals surface area contributed by atoms with Gasteiger partial charge in [-0.15, -0.1) is 11.3 Å². The third kappa shape index (κ3) is 1.73. The number of hydrogen-bond donors (Lipinski definition) is 1. The van der Waals surface area contributed by atoms with Gasteiger partial charge < -0.3 is 5.11 Å². The Hall–Kier alpha value is -0.130. The molecule has 0 unspecified atom stereocenters. The average molecular weight is 304 g/mol. The maximum absolute atomic E-state index is 9.09. The monoisotopic (exact) mass is 304 g/mol. The summed E-state index contributed by atoms with van der Waals surface area (Å²) in [6.45, 7) is 2.17. The normalized spacial score (nSPS) is 11.0. The van der Waals surface area contributed by atoms with Crippen LogP contribution in [0.1, 0.15) is 11.1 Å². The van der Waals surface area contributed by atoms with E-state index >= 15 is 0 Å². The lowest BCUT2D eigenvalue weighted by molar-refractivity contribution is 0.281. The Balaban J connectivity index is 2.72. The van der Waals surface area contributed by atoms with Crippen LogP contribution in [0.3, 0.4) is 0 Å². The Bertz CT molecular complexity index is 447. The van der Waals surface area contributed by atoms with Crippen molar-refractivity contribution in [3.05, 3.63) is 32.2 Å². The zero-order chi connectivity index (χ0) is 9.42. The Morgan fingerprint density at radius 3 is 2.85 bits per heavy atom. The zero-order valence-corrected chi connectivity index (χ0v) is 10.1. The summed E-state index contributed by atoms with van der Waals surface area (Å²) in [5, 5.41) is 10.3. The van der Waals surface area contributed by atoms with Crippen molar-refractivity contribution in [3.8, 4) is 0 Å². The molecular formula is C10H9IOS. The number of aliphatic hydroxyl groups is 1. The minimum absolute atomic E-state index is 0.133. The van der Waals surface area contributed by atoms with E-state index in [2.05, 4.69) is 40.8 Å². The fraction of sp³-hybridized carbons (Fsp3) is 0.200. The number of hydrogen-bond acceptors (Lipinski definition) is 2. The third-order valence-electron chi connectivity index (χ3n) is 2.12. The average Bonchev–Trinajstić information content (AvgIpc) is 2.42. The largest absolute Gasteiger partial charge is 0.392 e. The van der Waals surface area contributed by atoms with Gasteiger partial charge in [0, 0.05) is 4.70 Å². The molecule has 1 heterocycles. The van der Waals surface area contributed by atoms with E-state index in [1.54, 1.807) is 11.3 Å². The Labute approximate surface area is 94.5 Å². The van der Waals surface area contributed by atoms with E-state index in [1.807, 2.05) is 6.92 Å². The fourth-order valence-electron chi connectivity index (χ4n) is 1.37. The Morgan fingerprint density at radius 1 is 1.38 bits per heavy atom. The number of halogens is 1. The van der Waals surface area contributed by atoms with Crippen LogP contribution in [0.25, 0.3) is 10.1 Å². The lowest BCUT2D eigenvalue weighted by Gasteiger charge is -2.01. The second kappa shape index (κ2) is 3.55. The van der Waals surface area contributed by atoms with Crippen LogP contribution in [0.15, 0.2) is 18.2 Å². The lowest BCUT2D eigenvalue weighted by atomic mass is 10.1. The van der Waals surface area contributed by atoms with Gasteiger partial charge in [-0.05, 0) is 64.2 Å². The molecule has 68 valence electrons. The first kappa shape index (κ1) is 9.43. The highest BCUT2D eigenvalue weighted by atomic mass is 127. The van der Waals surface area contributed by atoms with Crippen LogP contribution in [-0.4, -0.2) is 5.11 Å². The second-order valence-corrected chi connectivity index (χ2v) is 6.00. The van der Waals surface area contributed by atoms with Crippen molar-refractivity contribution in [2.24, 2.45) is 0 Å². The van der Waals surface area contributed by atoms with Crippen LogP contribution in [0.5, 0.6) is 0 Å². The molecule has 2 rings (SSSR count). The lowest BCUT2D eigenvalue weighted by Crippen LogP contribution is -1.86. The van der Waals surface area contributed by atoms with Crippen LogP contribution < -0.4 is 0 Å². The van der Waals surface area contributed by atoms with Crippen molar-refractivity contribution < 1.29 is 5.11 Å². The summed E-state index contributed by atoms with van der Waals surface area (Å²) in [5.74, 6) is 0. The molecule has 0 aliphatic carbocycles. The first-order valence-electron chi connectivity index (χ1n) is 4.00. The van der Waals surface area contributed by atoms with E-state index in [4.69, 9.17) is 5.11 Å². The van der Waals surface area contributed by atoms with Gasteiger partial charge in [-0.3, -0.25) is 0 Å². The highest BCUT2D eigenvalue weighted by Crippen LogP contribution is 2.29. The molecule has 3 heteroatoms. The predicted molar refractivity (Wildman–Crippen MR) is 65.2 cm³/mol. The van der Waals surface area contributed by atoms with E-state index in [0.29, 0.717) is 0 Å². The molecule has 0 fully saturated rings. The number of benzene rings is 1. The molecular weight excluding hydrogens is 295 g/mol. The Morgan fingerprint density at radius 2 is 2.15 bits per heavy atom. The molecule has 0 saturated carbocycles. The van der Waals surface area contributed by atoms with Gasteiger partial charge >= 0.3 is 0 Å². The van der Waals surface area contributed by atoms with Gasteiger partial charge in [-0.25, -0.2) is 0 Å². The summed E-state index contributed by atoms with van der Waals surface area (Å²) in [6, 6.07) is 6.37. The first-order valence-corrected chi connectivity index (χ1v) is 5.89. The minimum atomic E-state index is 0.133. The van der Waals surface area contributed by atoms with Crippen LogP contribution in [0, 0.1) is 9.81 Å². The number of fused-ring (bicyclic) bond motifs is 1. The summed E-state index contributed by atoms with van der Waals surface area (Å²) in [5.41, 5.74) is 2.20. The minimum Gasteiger partial charge on any atom is -0.392 e. The molecule has 0 saturated heterocycles. The molecule has 1 aromatic carbocycles. The standard InChI is InChI=1S/C10H9IOS/c1-6-2-9-7(3-8(6)5-12)4-10(11)13-9/h2-4,12H,5H2,1H3. The van der Waals surface area contributed by atoms with Gasteiger partial charge in [0.25, 0.3) is 0 Å². The van der Waals surface area contributed by atoms with Crippen LogP contribution in [0.4, 0.5) is 0 Å². The summed E-state index contributed by atoms with van der Waals surface area (Å²) in [4.78, 5) is 0. The van der Waals surface area contributed by atoms with Crippen molar-refractivity contribution in [1.82, 2.24) is 0 Å². The first-order chi connectivity index (χ1) is 6.20. The number of aryl methyl sites for hydroxylation is 1. The highest BCUT2D eigenvalue weighted by Gasteiger charge is 2.03. The van der Waals surface area contributed by atoms with Crippen molar-refractivity contribution >= 4 is 44.0 Å². The molecule has 1 aromatic heterocycles. The molecule has 1 nitrogen and oxygen atoms in total. The molecule has 0 radical (unpaired) electrons. The Kier molecular flexibility index (Phi) is 2.58. The number of rotatable bonds is 1. The molecule has 0 atom stereocenters. The summed E-state index contributed by atoms with van der Waals surface area (Å²) >= 11 is 4.11. The quantitative estimate of drug-likeness (QED) is 0.802. The smallest absolute Gasteiger partial charge is 0.0684 e. The van der Waals surface area contributed by atoms with Crippen molar-refractivity contribution in [2.75, 3.05) is 0 Å². The topological polar surface area (TPSA) is 20.2 Å². The predicted octanol–water partition coefficient (Wildman–Crippen LogP) is 3.31. The molecule has 0 spiro atoms.